The molecule has 0 heterocycles. The molecule has 0 unspecified atom stereocenters. The maximum atomic E-state index is 5.60. The van der Waals surface area contributed by atoms with Gasteiger partial charge in [-0.3, -0.25) is 0 Å². The number of ether oxygens (including phenoxy) is 2. The van der Waals surface area contributed by atoms with Gasteiger partial charge in [0.2, 0.25) is 0 Å². The summed E-state index contributed by atoms with van der Waals surface area (Å²) in [6, 6.07) is 5.94. The molecule has 0 amide bonds. The van der Waals surface area contributed by atoms with E-state index < -0.39 is 0 Å². The molecule has 1 rings (SSSR count). The van der Waals surface area contributed by atoms with Gasteiger partial charge < -0.3 is 15.2 Å². The van der Waals surface area contributed by atoms with E-state index in [-0.39, 0.29) is 0 Å². The van der Waals surface area contributed by atoms with Gasteiger partial charge in [0.1, 0.15) is 4.99 Å². The summed E-state index contributed by atoms with van der Waals surface area (Å²) >= 11 is 4.95. The van der Waals surface area contributed by atoms with Crippen molar-refractivity contribution in [2.45, 2.75) is 27.4 Å². The van der Waals surface area contributed by atoms with Crippen LogP contribution >= 0.6 is 12.2 Å². The first-order chi connectivity index (χ1) is 9.00. The van der Waals surface area contributed by atoms with Crippen molar-refractivity contribution in [1.29, 1.82) is 0 Å². The first kappa shape index (κ1) is 16.1. The third-order valence-electron chi connectivity index (χ3n) is 2.71. The van der Waals surface area contributed by atoms with Gasteiger partial charge in [-0.2, -0.15) is 0 Å². The second kappa shape index (κ2) is 8.25. The van der Waals surface area contributed by atoms with E-state index in [1.165, 1.54) is 0 Å². The summed E-state index contributed by atoms with van der Waals surface area (Å²) in [6.07, 6.45) is 0. The number of nitrogens with two attached hydrogens (primary N) is 1. The molecule has 19 heavy (non-hydrogen) atoms. The fourth-order valence-corrected chi connectivity index (χ4v) is 1.76. The minimum Gasteiger partial charge on any atom is -0.389 e. The molecule has 0 atom stereocenters. The Morgan fingerprint density at radius 3 is 2.53 bits per heavy atom. The van der Waals surface area contributed by atoms with Crippen LogP contribution in [0.1, 0.15) is 30.5 Å². The summed E-state index contributed by atoms with van der Waals surface area (Å²) in [5.41, 5.74) is 8.80. The van der Waals surface area contributed by atoms with Crippen molar-refractivity contribution < 1.29 is 9.47 Å². The summed E-state index contributed by atoms with van der Waals surface area (Å²) in [6.45, 7) is 8.93. The SMILES string of the molecule is Cc1cc(C(N)=S)ccc1COCCOCC(C)C. The summed E-state index contributed by atoms with van der Waals surface area (Å²) < 4.78 is 11.0. The number of rotatable bonds is 8. The van der Waals surface area contributed by atoms with Crippen LogP contribution in [0, 0.1) is 12.8 Å². The molecule has 106 valence electrons. The Hall–Kier alpha value is -0.970. The molecule has 0 radical (unpaired) electrons. The highest BCUT2D eigenvalue weighted by Crippen LogP contribution is 2.12. The van der Waals surface area contributed by atoms with Gasteiger partial charge >= 0.3 is 0 Å². The van der Waals surface area contributed by atoms with E-state index in [9.17, 15) is 0 Å². The molecule has 1 aromatic carbocycles. The highest BCUT2D eigenvalue weighted by molar-refractivity contribution is 7.80. The van der Waals surface area contributed by atoms with E-state index in [1.807, 2.05) is 25.1 Å². The van der Waals surface area contributed by atoms with E-state index in [0.29, 0.717) is 30.7 Å². The van der Waals surface area contributed by atoms with Gasteiger partial charge in [-0.1, -0.05) is 38.2 Å². The second-order valence-electron chi connectivity index (χ2n) is 5.03. The van der Waals surface area contributed by atoms with Crippen LogP contribution in [0.15, 0.2) is 18.2 Å². The number of thiocarbonyl (C=S) groups is 1. The summed E-state index contributed by atoms with van der Waals surface area (Å²) in [5.74, 6) is 0.565. The Bertz CT molecular complexity index is 419. The fourth-order valence-electron chi connectivity index (χ4n) is 1.63. The molecule has 0 fully saturated rings. The molecule has 0 aliphatic heterocycles. The summed E-state index contributed by atoms with van der Waals surface area (Å²) in [7, 11) is 0. The maximum absolute atomic E-state index is 5.60. The number of benzene rings is 1. The molecule has 4 heteroatoms. The highest BCUT2D eigenvalue weighted by Gasteiger charge is 2.02. The van der Waals surface area contributed by atoms with E-state index in [1.54, 1.807) is 0 Å². The Kier molecular flexibility index (Phi) is 6.99. The lowest BCUT2D eigenvalue weighted by Crippen LogP contribution is -2.11. The maximum Gasteiger partial charge on any atom is 0.103 e. The van der Waals surface area contributed by atoms with Gasteiger partial charge in [0.25, 0.3) is 0 Å². The normalized spacial score (nSPS) is 10.9. The first-order valence-corrected chi connectivity index (χ1v) is 6.96. The zero-order valence-corrected chi connectivity index (χ0v) is 12.8. The third kappa shape index (κ3) is 6.14. The van der Waals surface area contributed by atoms with E-state index in [4.69, 9.17) is 27.4 Å². The topological polar surface area (TPSA) is 44.5 Å². The van der Waals surface area contributed by atoms with Crippen LogP contribution in [0.4, 0.5) is 0 Å². The van der Waals surface area contributed by atoms with Crippen LogP contribution in [0.5, 0.6) is 0 Å². The highest BCUT2D eigenvalue weighted by atomic mass is 32.1. The monoisotopic (exact) mass is 281 g/mol. The van der Waals surface area contributed by atoms with Crippen molar-refractivity contribution in [3.8, 4) is 0 Å². The first-order valence-electron chi connectivity index (χ1n) is 6.55. The molecule has 0 spiro atoms. The smallest absolute Gasteiger partial charge is 0.103 e. The van der Waals surface area contributed by atoms with Crippen molar-refractivity contribution >= 4 is 17.2 Å². The average Bonchev–Trinajstić information content (AvgIpc) is 2.34. The zero-order chi connectivity index (χ0) is 14.3. The van der Waals surface area contributed by atoms with Gasteiger partial charge in [-0.15, -0.1) is 0 Å². The van der Waals surface area contributed by atoms with E-state index in [2.05, 4.69) is 13.8 Å². The summed E-state index contributed by atoms with van der Waals surface area (Å²) in [5, 5.41) is 0. The predicted molar refractivity (Wildman–Crippen MR) is 82.4 cm³/mol. The lowest BCUT2D eigenvalue weighted by atomic mass is 10.1. The van der Waals surface area contributed by atoms with Gasteiger partial charge in [0, 0.05) is 12.2 Å². The minimum atomic E-state index is 0.428. The molecule has 0 saturated carbocycles. The average molecular weight is 281 g/mol. The Balaban J connectivity index is 2.32. The van der Waals surface area contributed by atoms with Crippen LogP contribution in [-0.4, -0.2) is 24.8 Å². The molecular weight excluding hydrogens is 258 g/mol. The van der Waals surface area contributed by atoms with Gasteiger partial charge in [-0.05, 0) is 30.0 Å². The number of hydrogen-bond donors (Lipinski definition) is 1. The molecule has 0 aliphatic carbocycles. The van der Waals surface area contributed by atoms with E-state index >= 15 is 0 Å². The minimum absolute atomic E-state index is 0.428. The predicted octanol–water partition coefficient (Wildman–Crippen LogP) is 2.82. The molecule has 0 aromatic heterocycles. The van der Waals surface area contributed by atoms with E-state index in [0.717, 1.165) is 23.3 Å². The quantitative estimate of drug-likeness (QED) is 0.588. The molecule has 0 aliphatic rings. The molecule has 1 aromatic rings. The second-order valence-corrected chi connectivity index (χ2v) is 5.47. The summed E-state index contributed by atoms with van der Waals surface area (Å²) in [4.78, 5) is 0.428. The Morgan fingerprint density at radius 1 is 1.26 bits per heavy atom. The standard InChI is InChI=1S/C15H23NO2S/c1-11(2)9-17-6-7-18-10-14-5-4-13(15(16)19)8-12(14)3/h4-5,8,11H,6-7,9-10H2,1-3H3,(H2,16,19). The van der Waals surface area contributed by atoms with Gasteiger partial charge in [0.05, 0.1) is 19.8 Å². The van der Waals surface area contributed by atoms with Crippen molar-refractivity contribution in [3.05, 3.63) is 34.9 Å². The van der Waals surface area contributed by atoms with Crippen LogP contribution in [-0.2, 0) is 16.1 Å². The van der Waals surface area contributed by atoms with Crippen LogP contribution in [0.2, 0.25) is 0 Å². The largest absolute Gasteiger partial charge is 0.389 e. The van der Waals surface area contributed by atoms with Gasteiger partial charge in [0.15, 0.2) is 0 Å². The third-order valence-corrected chi connectivity index (χ3v) is 2.94. The molecule has 2 N–H and O–H groups in total. The van der Waals surface area contributed by atoms with Crippen LogP contribution < -0.4 is 5.73 Å². The van der Waals surface area contributed by atoms with Crippen molar-refractivity contribution in [3.63, 3.8) is 0 Å². The van der Waals surface area contributed by atoms with Crippen molar-refractivity contribution in [2.75, 3.05) is 19.8 Å². The van der Waals surface area contributed by atoms with Gasteiger partial charge in [-0.25, -0.2) is 0 Å². The molecule has 0 bridgehead atoms. The lowest BCUT2D eigenvalue weighted by molar-refractivity contribution is 0.0313. The lowest BCUT2D eigenvalue weighted by Gasteiger charge is -2.10. The number of aryl methyl sites for hydroxylation is 1. The van der Waals surface area contributed by atoms with Crippen LogP contribution in [0.25, 0.3) is 0 Å². The molecule has 3 nitrogen and oxygen atoms in total. The fraction of sp³-hybridized carbons (Fsp3) is 0.533. The Labute approximate surface area is 121 Å². The zero-order valence-electron chi connectivity index (χ0n) is 11.9. The van der Waals surface area contributed by atoms with Crippen LogP contribution in [0.3, 0.4) is 0 Å². The Morgan fingerprint density at radius 2 is 1.95 bits per heavy atom. The molecule has 0 saturated heterocycles. The van der Waals surface area contributed by atoms with Crippen molar-refractivity contribution in [1.82, 2.24) is 0 Å². The molecular formula is C15H23NO2S. The van der Waals surface area contributed by atoms with Crippen molar-refractivity contribution in [2.24, 2.45) is 11.7 Å². The number of hydrogen-bond acceptors (Lipinski definition) is 3.